The Labute approximate surface area is 219 Å². The van der Waals surface area contributed by atoms with E-state index in [1.807, 2.05) is 72.8 Å². The molecule has 0 bridgehead atoms. The SMILES string of the molecule is COc1ccc(-c2nc3ccc(C(=O)OCC(=O)N4c5ccccc5CCc5ccccc54)cc3[nH]2)cc1. The molecule has 1 aliphatic heterocycles. The predicted molar refractivity (Wildman–Crippen MR) is 146 cm³/mol. The molecular formula is C31H25N3O4. The third kappa shape index (κ3) is 4.39. The first-order chi connectivity index (χ1) is 18.6. The van der Waals surface area contributed by atoms with Crippen LogP contribution in [0.5, 0.6) is 5.75 Å². The minimum atomic E-state index is -0.572. The largest absolute Gasteiger partial charge is 0.497 e. The molecule has 5 aromatic rings. The van der Waals surface area contributed by atoms with E-state index in [1.165, 1.54) is 0 Å². The average molecular weight is 504 g/mol. The highest BCUT2D eigenvalue weighted by Gasteiger charge is 2.26. The summed E-state index contributed by atoms with van der Waals surface area (Å²) in [6.07, 6.45) is 1.67. The van der Waals surface area contributed by atoms with Crippen LogP contribution in [0.4, 0.5) is 11.4 Å². The molecule has 0 aliphatic carbocycles. The first-order valence-electron chi connectivity index (χ1n) is 12.4. The van der Waals surface area contributed by atoms with E-state index in [0.717, 1.165) is 52.2 Å². The second-order valence-electron chi connectivity index (χ2n) is 9.11. The number of benzene rings is 4. The van der Waals surface area contributed by atoms with Gasteiger partial charge in [-0.05, 0) is 78.6 Å². The molecule has 0 saturated carbocycles. The fourth-order valence-electron chi connectivity index (χ4n) is 4.85. The van der Waals surface area contributed by atoms with Crippen molar-refractivity contribution in [2.45, 2.75) is 12.8 Å². The minimum Gasteiger partial charge on any atom is -0.497 e. The summed E-state index contributed by atoms with van der Waals surface area (Å²) < 4.78 is 10.7. The van der Waals surface area contributed by atoms with Gasteiger partial charge in [-0.15, -0.1) is 0 Å². The van der Waals surface area contributed by atoms with E-state index >= 15 is 0 Å². The summed E-state index contributed by atoms with van der Waals surface area (Å²) in [5.41, 5.74) is 6.48. The highest BCUT2D eigenvalue weighted by Crippen LogP contribution is 2.36. The summed E-state index contributed by atoms with van der Waals surface area (Å²) in [6, 6.07) is 28.4. The highest BCUT2D eigenvalue weighted by atomic mass is 16.5. The van der Waals surface area contributed by atoms with E-state index in [2.05, 4.69) is 9.97 Å². The summed E-state index contributed by atoms with van der Waals surface area (Å²) in [6.45, 7) is -0.375. The van der Waals surface area contributed by atoms with Crippen LogP contribution in [-0.4, -0.2) is 35.6 Å². The molecule has 1 amide bonds. The molecular weight excluding hydrogens is 478 g/mol. The van der Waals surface area contributed by atoms with Crippen LogP contribution in [0.2, 0.25) is 0 Å². The van der Waals surface area contributed by atoms with Crippen LogP contribution in [0.3, 0.4) is 0 Å². The first-order valence-corrected chi connectivity index (χ1v) is 12.4. The summed E-state index contributed by atoms with van der Waals surface area (Å²) >= 11 is 0. The zero-order valence-electron chi connectivity index (χ0n) is 20.8. The smallest absolute Gasteiger partial charge is 0.338 e. The molecule has 0 unspecified atom stereocenters. The molecule has 1 aromatic heterocycles. The summed E-state index contributed by atoms with van der Waals surface area (Å²) in [7, 11) is 1.62. The number of ether oxygens (including phenoxy) is 2. The number of anilines is 2. The number of hydrogen-bond acceptors (Lipinski definition) is 5. The molecule has 1 N–H and O–H groups in total. The topological polar surface area (TPSA) is 84.5 Å². The van der Waals surface area contributed by atoms with Crippen LogP contribution >= 0.6 is 0 Å². The first kappa shape index (κ1) is 23.5. The number of aromatic nitrogens is 2. The average Bonchev–Trinajstić information content (AvgIpc) is 3.32. The van der Waals surface area contributed by atoms with Gasteiger partial charge < -0.3 is 14.5 Å². The van der Waals surface area contributed by atoms with Gasteiger partial charge in [-0.25, -0.2) is 9.78 Å². The van der Waals surface area contributed by atoms with Crippen molar-refractivity contribution in [2.24, 2.45) is 0 Å². The van der Waals surface area contributed by atoms with E-state index in [0.29, 0.717) is 16.9 Å². The van der Waals surface area contributed by atoms with Crippen molar-refractivity contribution in [1.29, 1.82) is 0 Å². The monoisotopic (exact) mass is 503 g/mol. The Kier molecular flexibility index (Phi) is 6.09. The Morgan fingerprint density at radius 2 is 1.53 bits per heavy atom. The van der Waals surface area contributed by atoms with Crippen molar-refractivity contribution in [3.8, 4) is 17.1 Å². The number of hydrogen-bond donors (Lipinski definition) is 1. The number of carbonyl (C=O) groups is 2. The maximum absolute atomic E-state index is 13.5. The lowest BCUT2D eigenvalue weighted by atomic mass is 10.0. The Bertz CT molecular complexity index is 1610. The standard InChI is InChI=1S/C31H25N3O4/c1-37-24-15-12-22(13-16-24)30-32-25-17-14-23(18-26(25)33-30)31(36)38-19-29(35)34-27-8-4-2-6-20(27)10-11-21-7-3-5-9-28(21)34/h2-9,12-18H,10-11,19H2,1H3,(H,32,33). The normalized spacial score (nSPS) is 12.4. The quantitative estimate of drug-likeness (QED) is 0.304. The molecule has 38 heavy (non-hydrogen) atoms. The van der Waals surface area contributed by atoms with Crippen LogP contribution in [0.15, 0.2) is 91.0 Å². The number of methoxy groups -OCH3 is 1. The van der Waals surface area contributed by atoms with Crippen molar-refractivity contribution in [3.63, 3.8) is 0 Å². The number of amides is 1. The van der Waals surface area contributed by atoms with Gasteiger partial charge in [0.05, 0.1) is 35.1 Å². The van der Waals surface area contributed by atoms with Crippen LogP contribution in [0.1, 0.15) is 21.5 Å². The summed E-state index contributed by atoms with van der Waals surface area (Å²) in [4.78, 5) is 35.9. The predicted octanol–water partition coefficient (Wildman–Crippen LogP) is 5.86. The number of carbonyl (C=O) groups excluding carboxylic acids is 2. The molecule has 7 nitrogen and oxygen atoms in total. The molecule has 1 aliphatic rings. The van der Waals surface area contributed by atoms with Gasteiger partial charge in [-0.1, -0.05) is 36.4 Å². The van der Waals surface area contributed by atoms with E-state index in [9.17, 15) is 9.59 Å². The number of aryl methyl sites for hydroxylation is 2. The van der Waals surface area contributed by atoms with Crippen molar-refractivity contribution < 1.29 is 19.1 Å². The Morgan fingerprint density at radius 3 is 2.18 bits per heavy atom. The molecule has 7 heteroatoms. The zero-order chi connectivity index (χ0) is 26.1. The molecule has 188 valence electrons. The molecule has 4 aromatic carbocycles. The number of nitrogens with one attached hydrogen (secondary N) is 1. The van der Waals surface area contributed by atoms with Crippen molar-refractivity contribution in [3.05, 3.63) is 108 Å². The molecule has 2 heterocycles. The number of fused-ring (bicyclic) bond motifs is 3. The van der Waals surface area contributed by atoms with Crippen molar-refractivity contribution >= 4 is 34.3 Å². The van der Waals surface area contributed by atoms with Gasteiger partial charge in [0.2, 0.25) is 0 Å². The lowest BCUT2D eigenvalue weighted by Crippen LogP contribution is -2.31. The Hall–Kier alpha value is -4.91. The van der Waals surface area contributed by atoms with Gasteiger partial charge in [0.25, 0.3) is 5.91 Å². The second kappa shape index (κ2) is 9.86. The number of para-hydroxylation sites is 2. The molecule has 0 fully saturated rings. The van der Waals surface area contributed by atoms with Gasteiger partial charge in [-0.2, -0.15) is 0 Å². The fourth-order valence-corrected chi connectivity index (χ4v) is 4.85. The minimum absolute atomic E-state index is 0.301. The van der Waals surface area contributed by atoms with Gasteiger partial charge >= 0.3 is 5.97 Å². The highest BCUT2D eigenvalue weighted by molar-refractivity contribution is 6.04. The van der Waals surface area contributed by atoms with Gasteiger partial charge in [0.1, 0.15) is 11.6 Å². The van der Waals surface area contributed by atoms with Crippen LogP contribution in [0.25, 0.3) is 22.4 Å². The van der Waals surface area contributed by atoms with Crippen molar-refractivity contribution in [2.75, 3.05) is 18.6 Å². The number of nitrogens with zero attached hydrogens (tertiary/aromatic N) is 2. The van der Waals surface area contributed by atoms with E-state index in [-0.39, 0.29) is 12.5 Å². The molecule has 0 radical (unpaired) electrons. The fraction of sp³-hybridized carbons (Fsp3) is 0.129. The number of rotatable bonds is 5. The van der Waals surface area contributed by atoms with Gasteiger partial charge in [0, 0.05) is 5.56 Å². The van der Waals surface area contributed by atoms with Crippen LogP contribution in [-0.2, 0) is 22.4 Å². The third-order valence-corrected chi connectivity index (χ3v) is 6.79. The lowest BCUT2D eigenvalue weighted by Gasteiger charge is -2.24. The Morgan fingerprint density at radius 1 is 0.868 bits per heavy atom. The van der Waals surface area contributed by atoms with Crippen LogP contribution < -0.4 is 9.64 Å². The lowest BCUT2D eigenvalue weighted by molar-refractivity contribution is -0.120. The van der Waals surface area contributed by atoms with Crippen LogP contribution in [0, 0.1) is 0 Å². The maximum atomic E-state index is 13.5. The summed E-state index contributed by atoms with van der Waals surface area (Å²) in [5, 5.41) is 0. The van der Waals surface area contributed by atoms with E-state index in [1.54, 1.807) is 30.2 Å². The zero-order valence-corrected chi connectivity index (χ0v) is 20.8. The molecule has 0 atom stereocenters. The van der Waals surface area contributed by atoms with E-state index in [4.69, 9.17) is 9.47 Å². The maximum Gasteiger partial charge on any atom is 0.338 e. The molecule has 0 spiro atoms. The number of esters is 1. The molecule has 6 rings (SSSR count). The number of H-pyrrole nitrogens is 1. The summed E-state index contributed by atoms with van der Waals surface area (Å²) in [5.74, 6) is 0.570. The third-order valence-electron chi connectivity index (χ3n) is 6.79. The van der Waals surface area contributed by atoms with Gasteiger partial charge in [-0.3, -0.25) is 9.69 Å². The number of aromatic amines is 1. The van der Waals surface area contributed by atoms with E-state index < -0.39 is 5.97 Å². The van der Waals surface area contributed by atoms with Crippen molar-refractivity contribution in [1.82, 2.24) is 9.97 Å². The molecule has 0 saturated heterocycles. The number of imidazole rings is 1. The Balaban J connectivity index is 1.21. The second-order valence-corrected chi connectivity index (χ2v) is 9.11. The van der Waals surface area contributed by atoms with Gasteiger partial charge in [0.15, 0.2) is 6.61 Å².